The smallest absolute Gasteiger partial charge is 0.166 e. The van der Waals surface area contributed by atoms with Crippen LogP contribution < -0.4 is 0 Å². The summed E-state index contributed by atoms with van der Waals surface area (Å²) in [5, 5.41) is 0. The molecular formula is C22H26F2O2. The lowest BCUT2D eigenvalue weighted by atomic mass is 9.70. The fourth-order valence-corrected chi connectivity index (χ4v) is 4.85. The van der Waals surface area contributed by atoms with Crippen molar-refractivity contribution in [1.82, 2.24) is 0 Å². The molecule has 26 heavy (non-hydrogen) atoms. The minimum atomic E-state index is -0.749. The summed E-state index contributed by atoms with van der Waals surface area (Å²) in [5.74, 6) is 0.456. The Morgan fingerprint density at radius 3 is 2.42 bits per heavy atom. The highest BCUT2D eigenvalue weighted by Crippen LogP contribution is 2.42. The number of rotatable bonds is 5. The highest BCUT2D eigenvalue weighted by atomic mass is 19.2. The summed E-state index contributed by atoms with van der Waals surface area (Å²) >= 11 is 0. The molecule has 1 aromatic carbocycles. The van der Waals surface area contributed by atoms with Gasteiger partial charge in [0.2, 0.25) is 0 Å². The Morgan fingerprint density at radius 2 is 1.81 bits per heavy atom. The van der Waals surface area contributed by atoms with Crippen molar-refractivity contribution in [3.63, 3.8) is 0 Å². The van der Waals surface area contributed by atoms with E-state index in [1.54, 1.807) is 12.1 Å². The van der Waals surface area contributed by atoms with Crippen LogP contribution in [0.5, 0.6) is 0 Å². The van der Waals surface area contributed by atoms with Crippen LogP contribution in [-0.4, -0.2) is 12.9 Å². The van der Waals surface area contributed by atoms with Gasteiger partial charge in [-0.2, -0.15) is 0 Å². The molecular weight excluding hydrogens is 334 g/mol. The molecule has 2 fully saturated rings. The van der Waals surface area contributed by atoms with Crippen LogP contribution in [0.15, 0.2) is 18.2 Å². The van der Waals surface area contributed by atoms with E-state index in [1.165, 1.54) is 12.8 Å². The first-order valence-corrected chi connectivity index (χ1v) is 9.90. The topological polar surface area (TPSA) is 29.6 Å². The van der Waals surface area contributed by atoms with Gasteiger partial charge in [-0.3, -0.25) is 0 Å². The largest absolute Gasteiger partial charge is 0.368 e. The van der Waals surface area contributed by atoms with Gasteiger partial charge in [0.25, 0.3) is 0 Å². The van der Waals surface area contributed by atoms with Gasteiger partial charge in [0.15, 0.2) is 11.6 Å². The van der Waals surface area contributed by atoms with E-state index in [1.807, 2.05) is 0 Å². The molecule has 1 aliphatic heterocycles. The van der Waals surface area contributed by atoms with Crippen molar-refractivity contribution in [1.29, 1.82) is 0 Å². The molecule has 4 rings (SSSR count). The molecule has 0 radical (unpaired) electrons. The number of aldehydes is 1. The molecule has 0 amide bonds. The number of benzene rings is 1. The maximum Gasteiger partial charge on any atom is 0.166 e. The summed E-state index contributed by atoms with van der Waals surface area (Å²) in [4.78, 5) is 10.7. The number of carbonyl (C=O) groups is 1. The van der Waals surface area contributed by atoms with Crippen LogP contribution in [0.25, 0.3) is 5.57 Å². The van der Waals surface area contributed by atoms with Gasteiger partial charge in [0, 0.05) is 17.5 Å². The lowest BCUT2D eigenvalue weighted by molar-refractivity contribution is -0.108. The Morgan fingerprint density at radius 1 is 1.04 bits per heavy atom. The molecule has 2 nitrogen and oxygen atoms in total. The number of epoxide rings is 1. The molecule has 4 heteroatoms. The minimum Gasteiger partial charge on any atom is -0.368 e. The van der Waals surface area contributed by atoms with Crippen LogP contribution in [0.1, 0.15) is 68.6 Å². The highest BCUT2D eigenvalue weighted by Gasteiger charge is 2.32. The first-order valence-electron chi connectivity index (χ1n) is 9.90. The van der Waals surface area contributed by atoms with Crippen molar-refractivity contribution >= 4 is 11.9 Å². The average molecular weight is 360 g/mol. The Bertz CT molecular complexity index is 700. The quantitative estimate of drug-likeness (QED) is 0.504. The summed E-state index contributed by atoms with van der Waals surface area (Å²) in [5.41, 5.74) is 1.70. The van der Waals surface area contributed by atoms with E-state index in [-0.39, 0.29) is 6.10 Å². The monoisotopic (exact) mass is 360 g/mol. The molecule has 2 aliphatic carbocycles. The average Bonchev–Trinajstić information content (AvgIpc) is 3.50. The summed E-state index contributed by atoms with van der Waals surface area (Å²) in [6.07, 6.45) is 11.1. The summed E-state index contributed by atoms with van der Waals surface area (Å²) in [7, 11) is 0. The van der Waals surface area contributed by atoms with E-state index < -0.39 is 11.6 Å². The Hall–Kier alpha value is -1.55. The van der Waals surface area contributed by atoms with Crippen LogP contribution >= 0.6 is 0 Å². The standard InChI is InChI=1S/C22H26F2O2/c23-21-18(9-10-19(22(21)24)20-13-26-20)17-7-5-16(6-8-17)15-3-1-14(2-4-15)11-12-25/h7,9-10,12,14-16,20H,1-6,8,11,13H2. The third-order valence-electron chi connectivity index (χ3n) is 6.58. The first-order chi connectivity index (χ1) is 12.7. The maximum atomic E-state index is 14.5. The van der Waals surface area contributed by atoms with Gasteiger partial charge in [-0.05, 0) is 68.3 Å². The van der Waals surface area contributed by atoms with Gasteiger partial charge in [-0.15, -0.1) is 0 Å². The van der Waals surface area contributed by atoms with E-state index in [2.05, 4.69) is 6.08 Å². The molecule has 1 saturated heterocycles. The lowest BCUT2D eigenvalue weighted by Crippen LogP contribution is -2.23. The van der Waals surface area contributed by atoms with Gasteiger partial charge in [0.05, 0.1) is 6.61 Å². The lowest BCUT2D eigenvalue weighted by Gasteiger charge is -2.35. The molecule has 2 unspecified atom stereocenters. The van der Waals surface area contributed by atoms with Gasteiger partial charge in [-0.25, -0.2) is 8.78 Å². The summed E-state index contributed by atoms with van der Waals surface area (Å²) < 4.78 is 33.8. The van der Waals surface area contributed by atoms with E-state index in [9.17, 15) is 13.6 Å². The van der Waals surface area contributed by atoms with Crippen LogP contribution in [0.2, 0.25) is 0 Å². The second kappa shape index (κ2) is 7.59. The summed E-state index contributed by atoms with van der Waals surface area (Å²) in [6, 6.07) is 3.39. The van der Waals surface area contributed by atoms with E-state index >= 15 is 0 Å². The van der Waals surface area contributed by atoms with E-state index in [0.717, 1.165) is 44.0 Å². The third kappa shape index (κ3) is 3.62. The zero-order valence-corrected chi connectivity index (χ0v) is 15.1. The molecule has 1 aromatic rings. The Kier molecular flexibility index (Phi) is 5.21. The fourth-order valence-electron chi connectivity index (χ4n) is 4.85. The van der Waals surface area contributed by atoms with Crippen LogP contribution in [0.4, 0.5) is 8.78 Å². The third-order valence-corrected chi connectivity index (χ3v) is 6.58. The fraction of sp³-hybridized carbons (Fsp3) is 0.591. The van der Waals surface area contributed by atoms with Crippen LogP contribution in [0.3, 0.4) is 0 Å². The molecule has 2 atom stereocenters. The molecule has 1 saturated carbocycles. The second-order valence-electron chi connectivity index (χ2n) is 8.10. The van der Waals surface area contributed by atoms with Gasteiger partial charge in [-0.1, -0.05) is 18.2 Å². The van der Waals surface area contributed by atoms with Crippen molar-refractivity contribution in [3.05, 3.63) is 41.0 Å². The highest BCUT2D eigenvalue weighted by molar-refractivity contribution is 5.67. The molecule has 0 spiro atoms. The number of allylic oxidation sites excluding steroid dienone is 2. The number of carbonyl (C=O) groups excluding carboxylic acids is 1. The predicted octanol–water partition coefficient (Wildman–Crippen LogP) is 5.62. The Labute approximate surface area is 153 Å². The molecule has 0 bridgehead atoms. The molecule has 0 N–H and O–H groups in total. The van der Waals surface area contributed by atoms with Crippen molar-refractivity contribution in [2.75, 3.05) is 6.61 Å². The number of ether oxygens (including phenoxy) is 1. The van der Waals surface area contributed by atoms with E-state index in [4.69, 9.17) is 4.74 Å². The molecule has 140 valence electrons. The second-order valence-corrected chi connectivity index (χ2v) is 8.10. The van der Waals surface area contributed by atoms with Crippen LogP contribution in [-0.2, 0) is 9.53 Å². The van der Waals surface area contributed by atoms with Gasteiger partial charge >= 0.3 is 0 Å². The number of halogens is 2. The van der Waals surface area contributed by atoms with Crippen molar-refractivity contribution in [2.24, 2.45) is 17.8 Å². The van der Waals surface area contributed by atoms with Crippen molar-refractivity contribution in [3.8, 4) is 0 Å². The van der Waals surface area contributed by atoms with Crippen LogP contribution in [0, 0.1) is 29.4 Å². The number of hydrogen-bond acceptors (Lipinski definition) is 2. The maximum absolute atomic E-state index is 14.5. The first kappa shape index (κ1) is 17.8. The normalized spacial score (nSPS) is 31.4. The summed E-state index contributed by atoms with van der Waals surface area (Å²) in [6.45, 7) is 0.481. The zero-order valence-electron chi connectivity index (χ0n) is 15.1. The van der Waals surface area contributed by atoms with E-state index in [0.29, 0.717) is 41.9 Å². The molecule has 0 aromatic heterocycles. The van der Waals surface area contributed by atoms with Crippen molar-refractivity contribution in [2.45, 2.75) is 57.5 Å². The van der Waals surface area contributed by atoms with Gasteiger partial charge in [0.1, 0.15) is 12.4 Å². The molecule has 3 aliphatic rings. The predicted molar refractivity (Wildman–Crippen MR) is 96.5 cm³/mol. The van der Waals surface area contributed by atoms with Gasteiger partial charge < -0.3 is 9.53 Å². The SMILES string of the molecule is O=CCC1CCC(C2CC=C(c3ccc(C4CO4)c(F)c3F)CC2)CC1. The number of hydrogen-bond donors (Lipinski definition) is 0. The minimum absolute atomic E-state index is 0.266. The van der Waals surface area contributed by atoms with Crippen molar-refractivity contribution < 1.29 is 18.3 Å². The Balaban J connectivity index is 1.40. The zero-order chi connectivity index (χ0) is 18.1. The molecule has 1 heterocycles.